The van der Waals surface area contributed by atoms with Crippen LogP contribution in [0.2, 0.25) is 0 Å². The van der Waals surface area contributed by atoms with E-state index in [0.29, 0.717) is 0 Å². The van der Waals surface area contributed by atoms with Crippen LogP contribution in [0.15, 0.2) is 0 Å². The van der Waals surface area contributed by atoms with Crippen LogP contribution in [0.4, 0.5) is 0 Å². The molecule has 0 rings (SSSR count). The smallest absolute Gasteiger partial charge is 0.0504 e. The molecule has 0 spiro atoms. The molecule has 0 bridgehead atoms. The van der Waals surface area contributed by atoms with Crippen LogP contribution in [-0.4, -0.2) is 46.9 Å². The molecule has 0 fully saturated rings. The van der Waals surface area contributed by atoms with Gasteiger partial charge in [0.1, 0.15) is 0 Å². The van der Waals surface area contributed by atoms with Crippen molar-refractivity contribution in [1.29, 1.82) is 0 Å². The fraction of sp³-hybridized carbons (Fsp3) is 1.00. The van der Waals surface area contributed by atoms with Gasteiger partial charge in [-0.3, -0.25) is 0 Å². The molecular weight excluding hydrogens is 232 g/mol. The average molecular weight is 256 g/mol. The minimum absolute atomic E-state index is 0. The molecule has 0 atom stereocenters. The molecule has 0 aromatic rings. The zero-order valence-electron chi connectivity index (χ0n) is 10.1. The van der Waals surface area contributed by atoms with Crippen LogP contribution in [0.5, 0.6) is 0 Å². The van der Waals surface area contributed by atoms with Gasteiger partial charge in [0.05, 0.1) is 26.4 Å². The Kier molecular flexibility index (Phi) is 13.6. The summed E-state index contributed by atoms with van der Waals surface area (Å²) < 4.78 is 0. The molecule has 4 N–H and O–H groups in total. The summed E-state index contributed by atoms with van der Waals surface area (Å²) >= 11 is 0. The van der Waals surface area contributed by atoms with Gasteiger partial charge in [-0.2, -0.15) is 0 Å². The van der Waals surface area contributed by atoms with E-state index in [1.165, 1.54) is 0 Å². The van der Waals surface area contributed by atoms with Crippen molar-refractivity contribution in [2.24, 2.45) is 10.8 Å². The van der Waals surface area contributed by atoms with Crippen LogP contribution >= 0.6 is 0 Å². The summed E-state index contributed by atoms with van der Waals surface area (Å²) in [5.41, 5.74) is -0.611. The molecule has 0 amide bonds. The number of rotatable bonds is 4. The molecule has 5 heteroatoms. The Balaban J connectivity index is -0.000000180. The molecule has 0 saturated heterocycles. The molecule has 0 aliphatic carbocycles. The Morgan fingerprint density at radius 1 is 0.600 bits per heavy atom. The molecule has 0 aromatic carbocycles. The average Bonchev–Trinajstić information content (AvgIpc) is 2.19. The second-order valence-electron chi connectivity index (χ2n) is 4.96. The zero-order chi connectivity index (χ0) is 11.8. The molecule has 0 heterocycles. The van der Waals surface area contributed by atoms with E-state index in [4.69, 9.17) is 20.4 Å². The summed E-state index contributed by atoms with van der Waals surface area (Å²) in [6.07, 6.45) is 0. The number of hydrogen-bond acceptors (Lipinski definition) is 4. The summed E-state index contributed by atoms with van der Waals surface area (Å²) in [6, 6.07) is 0. The van der Waals surface area contributed by atoms with E-state index in [-0.39, 0.29) is 59.0 Å². The minimum atomic E-state index is -0.306. The standard InChI is InChI=1S/2C5H12O2.Ti/c2*1-5(2,3-6)4-7;/h2*6-7H,3-4H2,1-2H3;. The second kappa shape index (κ2) is 9.76. The van der Waals surface area contributed by atoms with E-state index >= 15 is 0 Å². The van der Waals surface area contributed by atoms with Gasteiger partial charge in [-0.25, -0.2) is 0 Å². The predicted octanol–water partition coefficient (Wildman–Crippen LogP) is -0.00810. The van der Waals surface area contributed by atoms with Crippen LogP contribution in [0, 0.1) is 10.8 Å². The maximum absolute atomic E-state index is 8.43. The summed E-state index contributed by atoms with van der Waals surface area (Å²) in [7, 11) is 0. The Morgan fingerprint density at radius 2 is 0.733 bits per heavy atom. The summed E-state index contributed by atoms with van der Waals surface area (Å²) in [5.74, 6) is 0. The van der Waals surface area contributed by atoms with Gasteiger partial charge in [0.2, 0.25) is 0 Å². The monoisotopic (exact) mass is 256 g/mol. The van der Waals surface area contributed by atoms with Crippen LogP contribution in [0.3, 0.4) is 0 Å². The first kappa shape index (κ1) is 20.9. The number of hydrogen-bond donors (Lipinski definition) is 4. The molecule has 0 aliphatic heterocycles. The van der Waals surface area contributed by atoms with Crippen LogP contribution in [0.25, 0.3) is 0 Å². The molecule has 0 unspecified atom stereocenters. The van der Waals surface area contributed by atoms with Gasteiger partial charge in [0, 0.05) is 32.5 Å². The normalized spacial score (nSPS) is 11.2. The molecule has 0 radical (unpaired) electrons. The van der Waals surface area contributed by atoms with Crippen molar-refractivity contribution in [2.45, 2.75) is 27.7 Å². The van der Waals surface area contributed by atoms with Crippen molar-refractivity contribution in [3.8, 4) is 0 Å². The Labute approximate surface area is 107 Å². The van der Waals surface area contributed by atoms with E-state index < -0.39 is 0 Å². The van der Waals surface area contributed by atoms with Crippen molar-refractivity contribution >= 4 is 0 Å². The van der Waals surface area contributed by atoms with Crippen LogP contribution in [0.1, 0.15) is 27.7 Å². The van der Waals surface area contributed by atoms with E-state index in [1.807, 2.05) is 0 Å². The quantitative estimate of drug-likeness (QED) is 0.533. The molecule has 92 valence electrons. The summed E-state index contributed by atoms with van der Waals surface area (Å²) in [5, 5.41) is 33.7. The summed E-state index contributed by atoms with van der Waals surface area (Å²) in [4.78, 5) is 0. The first-order valence-corrected chi connectivity index (χ1v) is 4.68. The zero-order valence-corrected chi connectivity index (χ0v) is 11.7. The second-order valence-corrected chi connectivity index (χ2v) is 4.96. The first-order valence-electron chi connectivity index (χ1n) is 4.68. The molecule has 0 aromatic heterocycles. The van der Waals surface area contributed by atoms with E-state index in [2.05, 4.69) is 0 Å². The fourth-order valence-electron chi connectivity index (χ4n) is 0.1000. The molecular formula is C10H24O4Ti. The van der Waals surface area contributed by atoms with Crippen molar-refractivity contribution in [3.05, 3.63) is 0 Å². The maximum atomic E-state index is 8.43. The SMILES string of the molecule is CC(C)(CO)CO.CC(C)(CO)CO.[Ti]. The van der Waals surface area contributed by atoms with Gasteiger partial charge in [-0.1, -0.05) is 27.7 Å². The van der Waals surface area contributed by atoms with Gasteiger partial charge in [-0.05, 0) is 0 Å². The van der Waals surface area contributed by atoms with Crippen molar-refractivity contribution in [3.63, 3.8) is 0 Å². The maximum Gasteiger partial charge on any atom is 0.0504 e. The van der Waals surface area contributed by atoms with Crippen molar-refractivity contribution < 1.29 is 42.1 Å². The predicted molar refractivity (Wildman–Crippen MR) is 55.9 cm³/mol. The minimum Gasteiger partial charge on any atom is -0.396 e. The number of aliphatic hydroxyl groups is 4. The van der Waals surface area contributed by atoms with Crippen LogP contribution < -0.4 is 0 Å². The third-order valence-electron chi connectivity index (χ3n) is 1.71. The third-order valence-corrected chi connectivity index (χ3v) is 1.71. The van der Waals surface area contributed by atoms with Gasteiger partial charge in [-0.15, -0.1) is 0 Å². The molecule has 0 saturated carbocycles. The van der Waals surface area contributed by atoms with Gasteiger partial charge >= 0.3 is 0 Å². The summed E-state index contributed by atoms with van der Waals surface area (Å²) in [6.45, 7) is 7.38. The van der Waals surface area contributed by atoms with E-state index in [1.54, 1.807) is 27.7 Å². The topological polar surface area (TPSA) is 80.9 Å². The van der Waals surface area contributed by atoms with Crippen molar-refractivity contribution in [2.75, 3.05) is 26.4 Å². The third kappa shape index (κ3) is 14.6. The first-order chi connectivity index (χ1) is 6.24. The Hall–Kier alpha value is 0.554. The molecule has 0 aliphatic rings. The Morgan fingerprint density at radius 3 is 0.733 bits per heavy atom. The van der Waals surface area contributed by atoms with Gasteiger partial charge in [0.15, 0.2) is 0 Å². The van der Waals surface area contributed by atoms with Gasteiger partial charge < -0.3 is 20.4 Å². The number of aliphatic hydroxyl groups excluding tert-OH is 4. The molecule has 15 heavy (non-hydrogen) atoms. The van der Waals surface area contributed by atoms with Gasteiger partial charge in [0.25, 0.3) is 0 Å². The molecule has 4 nitrogen and oxygen atoms in total. The van der Waals surface area contributed by atoms with E-state index in [9.17, 15) is 0 Å². The fourth-order valence-corrected chi connectivity index (χ4v) is 0.1000. The largest absolute Gasteiger partial charge is 0.396 e. The van der Waals surface area contributed by atoms with E-state index in [0.717, 1.165) is 0 Å². The van der Waals surface area contributed by atoms with Crippen LogP contribution in [-0.2, 0) is 21.7 Å². The van der Waals surface area contributed by atoms with Crippen molar-refractivity contribution in [1.82, 2.24) is 0 Å². The Bertz CT molecular complexity index is 109.